The average molecular weight is 472 g/mol. The number of rotatable bonds is 3. The molecule has 0 aliphatic heterocycles. The Morgan fingerprint density at radius 3 is 1.31 bits per heavy atom. The van der Waals surface area contributed by atoms with Gasteiger partial charge in [-0.05, 0) is 12.1 Å². The molecule has 0 aliphatic rings. The van der Waals surface area contributed by atoms with Gasteiger partial charge in [0.1, 0.15) is 28.4 Å². The third kappa shape index (κ3) is 5.60. The van der Waals surface area contributed by atoms with E-state index in [1.54, 1.807) is 30.3 Å². The minimum Gasteiger partial charge on any atom is -0.542 e. The lowest BCUT2D eigenvalue weighted by Gasteiger charge is -2.13. The van der Waals surface area contributed by atoms with E-state index in [0.717, 1.165) is 24.3 Å². The number of aromatic hydroxyl groups is 6. The normalized spacial score (nSPS) is 11.0. The van der Waals surface area contributed by atoms with Gasteiger partial charge in [0, 0.05) is 24.3 Å². The number of phenolic OH excluding ortho intramolecular Hbond substituents is 6. The van der Waals surface area contributed by atoms with Crippen LogP contribution in [0.5, 0.6) is 34.5 Å². The SMILES string of the molecule is O=C([O-])C(F)(F)F.Oc1cc(O)c([S+](c2ccccc2)c2c(O)cc(O)cc2O)c(O)c1. The molecule has 0 atom stereocenters. The summed E-state index contributed by atoms with van der Waals surface area (Å²) < 4.78 is 31.5. The zero-order valence-corrected chi connectivity index (χ0v) is 16.6. The van der Waals surface area contributed by atoms with Crippen molar-refractivity contribution >= 4 is 16.9 Å². The number of hydrogen-bond donors (Lipinski definition) is 6. The molecule has 12 heteroatoms. The Hall–Kier alpha value is -3.93. The van der Waals surface area contributed by atoms with Gasteiger partial charge in [0.05, 0.1) is 0 Å². The maximum atomic E-state index is 10.5. The Morgan fingerprint density at radius 2 is 1.03 bits per heavy atom. The first-order valence-corrected chi connectivity index (χ1v) is 9.62. The summed E-state index contributed by atoms with van der Waals surface area (Å²) in [5.74, 6) is -5.22. The molecule has 0 unspecified atom stereocenters. The molecule has 3 aromatic rings. The lowest BCUT2D eigenvalue weighted by atomic mass is 10.3. The van der Waals surface area contributed by atoms with Crippen LogP contribution in [0.25, 0.3) is 0 Å². The summed E-state index contributed by atoms with van der Waals surface area (Å²) in [7, 11) is -1.30. The first-order valence-electron chi connectivity index (χ1n) is 8.40. The molecule has 0 saturated carbocycles. The maximum Gasteiger partial charge on any atom is 0.430 e. The van der Waals surface area contributed by atoms with E-state index in [1.807, 2.05) is 0 Å². The average Bonchev–Trinajstić information content (AvgIpc) is 2.65. The molecule has 6 N–H and O–H groups in total. The molecule has 0 radical (unpaired) electrons. The van der Waals surface area contributed by atoms with E-state index >= 15 is 0 Å². The molecule has 3 rings (SSSR count). The molecule has 0 aromatic heterocycles. The summed E-state index contributed by atoms with van der Waals surface area (Å²) in [5, 5.41) is 69.0. The van der Waals surface area contributed by atoms with Gasteiger partial charge in [0.15, 0.2) is 27.9 Å². The fourth-order valence-corrected chi connectivity index (χ4v) is 4.66. The van der Waals surface area contributed by atoms with E-state index in [1.165, 1.54) is 0 Å². The van der Waals surface area contributed by atoms with E-state index in [9.17, 15) is 43.8 Å². The van der Waals surface area contributed by atoms with Crippen molar-refractivity contribution in [1.29, 1.82) is 0 Å². The number of alkyl halides is 3. The number of carbonyl (C=O) groups excluding carboxylic acids is 1. The molecule has 0 bridgehead atoms. The van der Waals surface area contributed by atoms with Crippen molar-refractivity contribution in [2.45, 2.75) is 20.9 Å². The van der Waals surface area contributed by atoms with Gasteiger partial charge in [-0.3, -0.25) is 0 Å². The Bertz CT molecular complexity index is 1020. The summed E-state index contributed by atoms with van der Waals surface area (Å²) in [5.41, 5.74) is 0. The highest BCUT2D eigenvalue weighted by molar-refractivity contribution is 7.97. The number of carboxylic acid groups (broad SMARTS) is 1. The van der Waals surface area contributed by atoms with Gasteiger partial charge >= 0.3 is 6.18 Å². The molecular weight excluding hydrogens is 457 g/mol. The van der Waals surface area contributed by atoms with Gasteiger partial charge in [-0.15, -0.1) is 0 Å². The van der Waals surface area contributed by atoms with Gasteiger partial charge < -0.3 is 40.5 Å². The molecular formula is C20H15F3O8S. The number of carbonyl (C=O) groups is 1. The third-order valence-corrected chi connectivity index (χ3v) is 6.08. The zero-order valence-electron chi connectivity index (χ0n) is 15.7. The molecule has 32 heavy (non-hydrogen) atoms. The molecule has 3 aromatic carbocycles. The van der Waals surface area contributed by atoms with Crippen LogP contribution in [0.3, 0.4) is 0 Å². The first-order chi connectivity index (χ1) is 14.8. The molecule has 8 nitrogen and oxygen atoms in total. The largest absolute Gasteiger partial charge is 0.542 e. The smallest absolute Gasteiger partial charge is 0.430 e. The van der Waals surface area contributed by atoms with Crippen molar-refractivity contribution in [3.8, 4) is 34.5 Å². The van der Waals surface area contributed by atoms with Crippen LogP contribution in [-0.2, 0) is 15.7 Å². The molecule has 0 amide bonds. The fraction of sp³-hybridized carbons (Fsp3) is 0.0500. The van der Waals surface area contributed by atoms with Gasteiger partial charge in [-0.25, -0.2) is 0 Å². The highest BCUT2D eigenvalue weighted by Crippen LogP contribution is 2.49. The van der Waals surface area contributed by atoms with E-state index in [-0.39, 0.29) is 21.3 Å². The Kier molecular flexibility index (Phi) is 7.21. The van der Waals surface area contributed by atoms with Crippen LogP contribution in [0.1, 0.15) is 0 Å². The van der Waals surface area contributed by atoms with E-state index < -0.39 is 46.0 Å². The van der Waals surface area contributed by atoms with E-state index in [2.05, 4.69) is 0 Å². The van der Waals surface area contributed by atoms with Gasteiger partial charge in [-0.2, -0.15) is 13.2 Å². The Balaban J connectivity index is 0.000000451. The topological polar surface area (TPSA) is 162 Å². The number of aliphatic carboxylic acids is 1. The minimum absolute atomic E-state index is 0.0280. The highest BCUT2D eigenvalue weighted by Gasteiger charge is 2.40. The van der Waals surface area contributed by atoms with Crippen LogP contribution in [0.4, 0.5) is 13.2 Å². The Labute approximate surface area is 181 Å². The number of phenols is 6. The summed E-state index contributed by atoms with van der Waals surface area (Å²) in [6, 6.07) is 12.9. The lowest BCUT2D eigenvalue weighted by molar-refractivity contribution is -0.344. The van der Waals surface area contributed by atoms with Gasteiger partial charge in [-0.1, -0.05) is 18.2 Å². The summed E-state index contributed by atoms with van der Waals surface area (Å²) >= 11 is 0. The van der Waals surface area contributed by atoms with Gasteiger partial charge in [0.2, 0.25) is 9.79 Å². The van der Waals surface area contributed by atoms with Crippen molar-refractivity contribution in [3.63, 3.8) is 0 Å². The summed E-state index contributed by atoms with van der Waals surface area (Å²) in [6.45, 7) is 0. The molecule has 0 aliphatic carbocycles. The molecule has 0 saturated heterocycles. The van der Waals surface area contributed by atoms with Crippen LogP contribution in [0.15, 0.2) is 69.3 Å². The second kappa shape index (κ2) is 9.47. The predicted molar refractivity (Wildman–Crippen MR) is 103 cm³/mol. The Morgan fingerprint density at radius 1 is 0.719 bits per heavy atom. The van der Waals surface area contributed by atoms with Crippen molar-refractivity contribution in [2.75, 3.05) is 0 Å². The van der Waals surface area contributed by atoms with Crippen molar-refractivity contribution in [3.05, 3.63) is 54.6 Å². The number of halogens is 3. The maximum absolute atomic E-state index is 10.5. The monoisotopic (exact) mass is 472 g/mol. The lowest BCUT2D eigenvalue weighted by Crippen LogP contribution is -2.37. The third-order valence-electron chi connectivity index (χ3n) is 3.69. The van der Waals surface area contributed by atoms with Gasteiger partial charge in [0.25, 0.3) is 0 Å². The van der Waals surface area contributed by atoms with Crippen molar-refractivity contribution in [2.24, 2.45) is 0 Å². The quantitative estimate of drug-likeness (QED) is 0.317. The summed E-state index contributed by atoms with van der Waals surface area (Å²) in [4.78, 5) is 9.43. The van der Waals surface area contributed by atoms with E-state index in [4.69, 9.17) is 9.90 Å². The first kappa shape index (κ1) is 24.3. The zero-order chi connectivity index (χ0) is 24.2. The standard InChI is InChI=1S/C18H14O6S.C2HF3O2/c19-10-6-13(21)17(14(22)7-10)25(12-4-2-1-3-5-12)18-15(23)8-11(20)9-16(18)24;3-2(4,5)1(6)7/h1-9H,(H5-,19,20,21,22,23,24);(H,6,7). The van der Waals surface area contributed by atoms with Crippen molar-refractivity contribution in [1.82, 2.24) is 0 Å². The number of hydrogen-bond acceptors (Lipinski definition) is 8. The number of carboxylic acids is 1. The van der Waals surface area contributed by atoms with Crippen LogP contribution in [-0.4, -0.2) is 42.8 Å². The molecule has 0 spiro atoms. The number of benzene rings is 3. The van der Waals surface area contributed by atoms with Crippen LogP contribution in [0, 0.1) is 0 Å². The van der Waals surface area contributed by atoms with E-state index in [0.29, 0.717) is 4.90 Å². The molecule has 170 valence electrons. The molecule has 0 fully saturated rings. The highest BCUT2D eigenvalue weighted by atomic mass is 32.2. The minimum atomic E-state index is -5.19. The summed E-state index contributed by atoms with van der Waals surface area (Å²) in [6.07, 6.45) is -5.19. The van der Waals surface area contributed by atoms with Crippen LogP contribution >= 0.6 is 0 Å². The van der Waals surface area contributed by atoms with Crippen LogP contribution < -0.4 is 5.11 Å². The second-order valence-corrected chi connectivity index (χ2v) is 7.93. The second-order valence-electron chi connectivity index (χ2n) is 6.03. The fourth-order valence-electron chi connectivity index (χ4n) is 2.48. The molecule has 0 heterocycles. The van der Waals surface area contributed by atoms with Crippen molar-refractivity contribution < 1.29 is 53.7 Å². The van der Waals surface area contributed by atoms with Crippen LogP contribution in [0.2, 0.25) is 0 Å². The predicted octanol–water partition coefficient (Wildman–Crippen LogP) is 2.31.